The van der Waals surface area contributed by atoms with Crippen molar-refractivity contribution < 1.29 is 57.8 Å². The second-order valence-corrected chi connectivity index (χ2v) is 7.18. The highest BCUT2D eigenvalue weighted by Gasteiger charge is 2.45. The van der Waals surface area contributed by atoms with Gasteiger partial charge in [-0.25, -0.2) is 8.78 Å². The zero-order chi connectivity index (χ0) is 27.0. The van der Waals surface area contributed by atoms with Gasteiger partial charge in [0.05, 0.1) is 0 Å². The van der Waals surface area contributed by atoms with E-state index in [0.717, 1.165) is 5.56 Å². The molecule has 0 amide bonds. The summed E-state index contributed by atoms with van der Waals surface area (Å²) in [6.07, 6.45) is -13.9. The lowest BCUT2D eigenvalue weighted by Gasteiger charge is -2.21. The van der Waals surface area contributed by atoms with E-state index in [2.05, 4.69) is 9.47 Å². The van der Waals surface area contributed by atoms with Crippen LogP contribution in [0.4, 0.5) is 48.3 Å². The van der Waals surface area contributed by atoms with Gasteiger partial charge in [-0.1, -0.05) is 29.8 Å². The fourth-order valence-electron chi connectivity index (χ4n) is 2.92. The normalized spacial score (nSPS) is 11.9. The zero-order valence-corrected chi connectivity index (χ0v) is 17.6. The highest BCUT2D eigenvalue weighted by molar-refractivity contribution is 5.64. The van der Waals surface area contributed by atoms with Crippen LogP contribution in [0.25, 0.3) is 11.1 Å². The Labute approximate surface area is 195 Å². The monoisotopic (exact) mass is 528 g/mol. The summed E-state index contributed by atoms with van der Waals surface area (Å²) in [7, 11) is 0. The fourth-order valence-corrected chi connectivity index (χ4v) is 2.92. The largest absolute Gasteiger partial charge is 0.459 e. The van der Waals surface area contributed by atoms with Gasteiger partial charge in [-0.3, -0.25) is 0 Å². The summed E-state index contributed by atoms with van der Waals surface area (Å²) in [5.74, 6) is -15.5. The predicted molar refractivity (Wildman–Crippen MR) is 103 cm³/mol. The van der Waals surface area contributed by atoms with Crippen LogP contribution < -0.4 is 9.47 Å². The van der Waals surface area contributed by atoms with Gasteiger partial charge in [0.1, 0.15) is 17.2 Å². The third-order valence-corrected chi connectivity index (χ3v) is 4.63. The van der Waals surface area contributed by atoms with Gasteiger partial charge in [0.2, 0.25) is 11.6 Å². The van der Waals surface area contributed by atoms with Crippen LogP contribution in [0.3, 0.4) is 0 Å². The van der Waals surface area contributed by atoms with E-state index in [9.17, 15) is 48.3 Å². The molecule has 0 aromatic heterocycles. The van der Waals surface area contributed by atoms with Gasteiger partial charge in [-0.2, -0.15) is 39.5 Å². The molecule has 0 aliphatic rings. The highest BCUT2D eigenvalue weighted by atomic mass is 19.3. The van der Waals surface area contributed by atoms with Gasteiger partial charge in [-0.15, -0.1) is 0 Å². The van der Waals surface area contributed by atoms with E-state index in [1.165, 1.54) is 12.1 Å². The maximum absolute atomic E-state index is 14.5. The minimum absolute atomic E-state index is 0.0222. The summed E-state index contributed by atoms with van der Waals surface area (Å²) in [6.45, 7) is 1.73. The molecule has 3 aromatic carbocycles. The number of alkyl halides is 4. The molecule has 0 heterocycles. The van der Waals surface area contributed by atoms with Crippen LogP contribution in [0, 0.1) is 30.2 Å². The molecule has 0 saturated carbocycles. The summed E-state index contributed by atoms with van der Waals surface area (Å²) in [5, 5.41) is 0. The molecule has 0 saturated heterocycles. The van der Waals surface area contributed by atoms with Crippen LogP contribution in [-0.4, -0.2) is 6.11 Å². The van der Waals surface area contributed by atoms with Crippen molar-refractivity contribution >= 4 is 0 Å². The van der Waals surface area contributed by atoms with Crippen molar-refractivity contribution in [3.63, 3.8) is 0 Å². The molecular weight excluding hydrogens is 517 g/mol. The first-order valence-corrected chi connectivity index (χ1v) is 9.53. The second kappa shape index (κ2) is 9.70. The number of aryl methyl sites for hydroxylation is 1. The molecule has 2 nitrogen and oxygen atoms in total. The van der Waals surface area contributed by atoms with E-state index in [1.54, 1.807) is 19.1 Å². The molecule has 3 rings (SSSR count). The first-order chi connectivity index (χ1) is 16.6. The van der Waals surface area contributed by atoms with Gasteiger partial charge in [0.25, 0.3) is 5.83 Å². The van der Waals surface area contributed by atoms with Crippen LogP contribution in [-0.2, 0) is 6.11 Å². The molecule has 36 heavy (non-hydrogen) atoms. The molecule has 0 atom stereocenters. The molecule has 13 heteroatoms. The Kier molecular flexibility index (Phi) is 7.23. The lowest BCUT2D eigenvalue weighted by Crippen LogP contribution is -2.27. The standard InChI is InChI=1S/C23H11F11O2/c1-10-2-4-11(5-3-10)12-8-13(24)17(14(25)9-12)22(31,32)35-15-6-7-16(19(27)18(15)26)36-23(33,34)20(28)21(29)30/h2-9H,1H3. The van der Waals surface area contributed by atoms with E-state index in [4.69, 9.17) is 0 Å². The van der Waals surface area contributed by atoms with E-state index >= 15 is 0 Å². The Morgan fingerprint density at radius 3 is 1.61 bits per heavy atom. The zero-order valence-electron chi connectivity index (χ0n) is 17.6. The molecule has 0 N–H and O–H groups in total. The fraction of sp³-hybridized carbons (Fsp3) is 0.130. The van der Waals surface area contributed by atoms with Crippen molar-refractivity contribution in [1.29, 1.82) is 0 Å². The quantitative estimate of drug-likeness (QED) is 0.287. The Hall–Kier alpha value is -3.77. The van der Waals surface area contributed by atoms with E-state index in [-0.39, 0.29) is 23.3 Å². The number of hydrogen-bond donors (Lipinski definition) is 0. The topological polar surface area (TPSA) is 18.5 Å². The van der Waals surface area contributed by atoms with E-state index < -0.39 is 64.5 Å². The molecule has 0 spiro atoms. The first-order valence-electron chi connectivity index (χ1n) is 9.53. The smallest absolute Gasteiger partial charge is 0.425 e. The van der Waals surface area contributed by atoms with Crippen molar-refractivity contribution in [2.45, 2.75) is 19.1 Å². The van der Waals surface area contributed by atoms with Crippen molar-refractivity contribution in [2.75, 3.05) is 0 Å². The number of rotatable bonds is 7. The third-order valence-electron chi connectivity index (χ3n) is 4.63. The maximum Gasteiger partial charge on any atom is 0.459 e. The van der Waals surface area contributed by atoms with Crippen molar-refractivity contribution in [2.24, 2.45) is 0 Å². The van der Waals surface area contributed by atoms with Crippen LogP contribution >= 0.6 is 0 Å². The number of halogens is 11. The SMILES string of the molecule is Cc1ccc(-c2cc(F)c(C(F)(F)Oc3ccc(OC(F)(F)C(F)=C(F)F)c(F)c3F)c(F)c2)cc1. The number of ether oxygens (including phenoxy) is 2. The first kappa shape index (κ1) is 26.8. The van der Waals surface area contributed by atoms with Crippen LogP contribution in [0.15, 0.2) is 60.4 Å². The Bertz CT molecular complexity index is 1290. The second-order valence-electron chi connectivity index (χ2n) is 7.18. The average molecular weight is 528 g/mol. The van der Waals surface area contributed by atoms with Gasteiger partial charge in [0, 0.05) is 0 Å². The molecule has 0 fully saturated rings. The van der Waals surface area contributed by atoms with Gasteiger partial charge >= 0.3 is 18.3 Å². The summed E-state index contributed by atoms with van der Waals surface area (Å²) in [5.41, 5.74) is -1.03. The van der Waals surface area contributed by atoms with Crippen molar-refractivity contribution in [3.05, 3.63) is 94.8 Å². The van der Waals surface area contributed by atoms with Gasteiger partial charge in [0.15, 0.2) is 11.5 Å². The molecule has 0 bridgehead atoms. The summed E-state index contributed by atoms with van der Waals surface area (Å²) in [4.78, 5) is 0. The summed E-state index contributed by atoms with van der Waals surface area (Å²) in [6, 6.07) is 7.30. The van der Waals surface area contributed by atoms with Gasteiger partial charge in [-0.05, 0) is 42.3 Å². The molecule has 192 valence electrons. The lowest BCUT2D eigenvalue weighted by atomic mass is 10.0. The van der Waals surface area contributed by atoms with Crippen LogP contribution in [0.1, 0.15) is 11.1 Å². The number of hydrogen-bond acceptors (Lipinski definition) is 2. The Morgan fingerprint density at radius 2 is 1.14 bits per heavy atom. The average Bonchev–Trinajstić information content (AvgIpc) is 2.77. The third kappa shape index (κ3) is 5.39. The number of benzene rings is 3. The predicted octanol–water partition coefficient (Wildman–Crippen LogP) is 8.40. The van der Waals surface area contributed by atoms with Crippen molar-refractivity contribution in [3.8, 4) is 22.6 Å². The molecule has 0 radical (unpaired) electrons. The van der Waals surface area contributed by atoms with Crippen LogP contribution in [0.5, 0.6) is 11.5 Å². The molecular formula is C23H11F11O2. The Balaban J connectivity index is 1.93. The summed E-state index contributed by atoms with van der Waals surface area (Å²) < 4.78 is 157. The molecule has 0 unspecified atom stereocenters. The minimum atomic E-state index is -5.44. The maximum atomic E-state index is 14.5. The highest BCUT2D eigenvalue weighted by Crippen LogP contribution is 2.40. The van der Waals surface area contributed by atoms with E-state index in [0.29, 0.717) is 12.1 Å². The minimum Gasteiger partial charge on any atom is -0.425 e. The van der Waals surface area contributed by atoms with Gasteiger partial charge < -0.3 is 9.47 Å². The molecule has 0 aliphatic heterocycles. The molecule has 0 aliphatic carbocycles. The van der Waals surface area contributed by atoms with Crippen LogP contribution in [0.2, 0.25) is 0 Å². The molecule has 3 aromatic rings. The lowest BCUT2D eigenvalue weighted by molar-refractivity contribution is -0.191. The summed E-state index contributed by atoms with van der Waals surface area (Å²) >= 11 is 0. The van der Waals surface area contributed by atoms with Crippen molar-refractivity contribution in [1.82, 2.24) is 0 Å². The van der Waals surface area contributed by atoms with E-state index in [1.807, 2.05) is 0 Å². The Morgan fingerprint density at radius 1 is 0.667 bits per heavy atom.